The van der Waals surface area contributed by atoms with E-state index in [1.54, 1.807) is 0 Å². The Labute approximate surface area is 192 Å². The van der Waals surface area contributed by atoms with E-state index in [0.29, 0.717) is 48.9 Å². The zero-order valence-electron chi connectivity index (χ0n) is 20.3. The third-order valence-electron chi connectivity index (χ3n) is 11.8. The summed E-state index contributed by atoms with van der Waals surface area (Å²) in [5.74, 6) is 0.199. The van der Waals surface area contributed by atoms with Gasteiger partial charge in [-0.15, -0.1) is 0 Å². The van der Waals surface area contributed by atoms with Crippen molar-refractivity contribution in [2.45, 2.75) is 103 Å². The van der Waals surface area contributed by atoms with Crippen molar-refractivity contribution < 1.29 is 24.5 Å². The van der Waals surface area contributed by atoms with Gasteiger partial charge in [0.25, 0.3) is 0 Å². The molecule has 0 aromatic carbocycles. The normalized spacial score (nSPS) is 61.8. The standard InChI is InChI=1S/C27H42O5/c1-15-7-10-27(31-14-15)16(2)23-25(4)21(13-26(23,30)32-27)19-6-5-17-11-18(28)8-9-24(17,3)20(19)12-22(25)29/h15-21,23,28,30H,5-14H2,1-4H3/t15?,16?,17-,18+,19?,20?,21?,23?,24+,25-,26-,27?/m1/s1. The maximum atomic E-state index is 14.0. The first-order valence-corrected chi connectivity index (χ1v) is 13.3. The Hall–Kier alpha value is -0.490. The Balaban J connectivity index is 1.34. The van der Waals surface area contributed by atoms with Crippen LogP contribution in [-0.4, -0.2) is 40.3 Å². The number of Topliss-reactive ketones (excluding diaryl/α,β-unsaturated/α-hetero) is 1. The van der Waals surface area contributed by atoms with E-state index in [1.807, 2.05) is 0 Å². The smallest absolute Gasteiger partial charge is 0.174 e. The highest BCUT2D eigenvalue weighted by atomic mass is 16.8. The lowest BCUT2D eigenvalue weighted by molar-refractivity contribution is -0.331. The minimum absolute atomic E-state index is 0.00672. The molecule has 4 aliphatic carbocycles. The molecule has 0 aromatic heterocycles. The van der Waals surface area contributed by atoms with Gasteiger partial charge in [-0.3, -0.25) is 4.79 Å². The first kappa shape index (κ1) is 22.0. The van der Waals surface area contributed by atoms with E-state index < -0.39 is 17.0 Å². The van der Waals surface area contributed by atoms with Gasteiger partial charge in [0.1, 0.15) is 5.78 Å². The fraction of sp³-hybridized carbons (Fsp3) is 0.963. The molecule has 6 rings (SSSR count). The number of rotatable bonds is 0. The second-order valence-electron chi connectivity index (χ2n) is 13.2. The number of ketones is 1. The Morgan fingerprint density at radius 2 is 1.81 bits per heavy atom. The predicted octanol–water partition coefficient (Wildman–Crippen LogP) is 4.29. The van der Waals surface area contributed by atoms with E-state index in [1.165, 1.54) is 0 Å². The van der Waals surface area contributed by atoms with E-state index in [-0.39, 0.29) is 29.3 Å². The number of carbonyl (C=O) groups is 1. The molecule has 12 atom stereocenters. The van der Waals surface area contributed by atoms with Gasteiger partial charge < -0.3 is 19.7 Å². The first-order valence-electron chi connectivity index (χ1n) is 13.3. The third kappa shape index (κ3) is 2.63. The van der Waals surface area contributed by atoms with Crippen molar-refractivity contribution in [3.8, 4) is 0 Å². The van der Waals surface area contributed by atoms with Gasteiger partial charge in [-0.2, -0.15) is 0 Å². The second-order valence-corrected chi connectivity index (χ2v) is 13.2. The monoisotopic (exact) mass is 446 g/mol. The van der Waals surface area contributed by atoms with Crippen molar-refractivity contribution in [1.29, 1.82) is 0 Å². The van der Waals surface area contributed by atoms with E-state index in [2.05, 4.69) is 27.7 Å². The molecule has 5 nitrogen and oxygen atoms in total. The molecule has 6 fully saturated rings. The molecular formula is C27H42O5. The van der Waals surface area contributed by atoms with Gasteiger partial charge in [0, 0.05) is 36.5 Å². The highest BCUT2D eigenvalue weighted by Crippen LogP contribution is 2.72. The van der Waals surface area contributed by atoms with Gasteiger partial charge in [0.05, 0.1) is 12.7 Å². The summed E-state index contributed by atoms with van der Waals surface area (Å²) in [5, 5.41) is 22.2. The average Bonchev–Trinajstić information content (AvgIpc) is 3.11. The molecule has 2 N–H and O–H groups in total. The quantitative estimate of drug-likeness (QED) is 0.580. The number of fused-ring (bicyclic) bond motifs is 7. The lowest BCUT2D eigenvalue weighted by Crippen LogP contribution is -2.58. The van der Waals surface area contributed by atoms with E-state index in [4.69, 9.17) is 9.47 Å². The van der Waals surface area contributed by atoms with Crippen LogP contribution in [0.15, 0.2) is 0 Å². The zero-order chi connectivity index (χ0) is 22.7. The van der Waals surface area contributed by atoms with Crippen LogP contribution >= 0.6 is 0 Å². The summed E-state index contributed by atoms with van der Waals surface area (Å²) in [4.78, 5) is 14.0. The molecule has 32 heavy (non-hydrogen) atoms. The lowest BCUT2D eigenvalue weighted by Gasteiger charge is -2.60. The Kier molecular flexibility index (Phi) is 4.68. The van der Waals surface area contributed by atoms with Crippen molar-refractivity contribution in [2.24, 2.45) is 52.3 Å². The Morgan fingerprint density at radius 3 is 2.53 bits per heavy atom. The SMILES string of the molecule is CC1CCC2(OC1)O[C@]1(O)CC3C4CC[C@@H]5C[C@@H](O)CC[C@]5(C)C4CC(=O)[C@]3(C)C1C2C. The van der Waals surface area contributed by atoms with E-state index in [9.17, 15) is 15.0 Å². The van der Waals surface area contributed by atoms with Crippen molar-refractivity contribution in [1.82, 2.24) is 0 Å². The molecule has 0 aromatic rings. The maximum Gasteiger partial charge on any atom is 0.174 e. The average molecular weight is 447 g/mol. The molecule has 0 bridgehead atoms. The molecule has 0 amide bonds. The zero-order valence-corrected chi connectivity index (χ0v) is 20.3. The first-order chi connectivity index (χ1) is 15.0. The van der Waals surface area contributed by atoms with Crippen molar-refractivity contribution in [2.75, 3.05) is 6.61 Å². The number of carbonyl (C=O) groups excluding carboxylic acids is 1. The number of aliphatic hydroxyl groups excluding tert-OH is 1. The summed E-state index contributed by atoms with van der Waals surface area (Å²) >= 11 is 0. The molecule has 2 aliphatic heterocycles. The van der Waals surface area contributed by atoms with Crippen LogP contribution in [0.5, 0.6) is 0 Å². The molecule has 2 saturated heterocycles. The molecule has 2 heterocycles. The van der Waals surface area contributed by atoms with Gasteiger partial charge in [-0.05, 0) is 73.5 Å². The van der Waals surface area contributed by atoms with Crippen LogP contribution in [0.4, 0.5) is 0 Å². The third-order valence-corrected chi connectivity index (χ3v) is 11.8. The molecule has 4 saturated carbocycles. The molecule has 6 aliphatic rings. The predicted molar refractivity (Wildman–Crippen MR) is 119 cm³/mol. The van der Waals surface area contributed by atoms with Crippen LogP contribution in [-0.2, 0) is 14.3 Å². The number of aliphatic hydroxyl groups is 2. The number of ether oxygens (including phenoxy) is 2. The van der Waals surface area contributed by atoms with Crippen LogP contribution in [0.3, 0.4) is 0 Å². The van der Waals surface area contributed by atoms with Crippen LogP contribution in [0.1, 0.15) is 85.5 Å². The molecule has 7 unspecified atom stereocenters. The molecular weight excluding hydrogens is 404 g/mol. The van der Waals surface area contributed by atoms with Crippen LogP contribution in [0.25, 0.3) is 0 Å². The lowest BCUT2D eigenvalue weighted by atomic mass is 9.44. The summed E-state index contributed by atoms with van der Waals surface area (Å²) in [6.45, 7) is 9.57. The summed E-state index contributed by atoms with van der Waals surface area (Å²) in [6, 6.07) is 0. The summed E-state index contributed by atoms with van der Waals surface area (Å²) in [6.07, 6.45) is 7.88. The topological polar surface area (TPSA) is 76.0 Å². The Morgan fingerprint density at radius 1 is 1.03 bits per heavy atom. The van der Waals surface area contributed by atoms with E-state index in [0.717, 1.165) is 44.9 Å². The molecule has 180 valence electrons. The molecule has 5 heteroatoms. The van der Waals surface area contributed by atoms with Gasteiger partial charge in [-0.25, -0.2) is 0 Å². The minimum atomic E-state index is -1.26. The highest BCUT2D eigenvalue weighted by Gasteiger charge is 2.76. The van der Waals surface area contributed by atoms with Crippen molar-refractivity contribution in [3.63, 3.8) is 0 Å². The van der Waals surface area contributed by atoms with Gasteiger partial charge in [0.15, 0.2) is 11.6 Å². The van der Waals surface area contributed by atoms with Crippen molar-refractivity contribution in [3.05, 3.63) is 0 Å². The second kappa shape index (κ2) is 6.80. The summed E-state index contributed by atoms with van der Waals surface area (Å²) in [7, 11) is 0. The van der Waals surface area contributed by atoms with Crippen LogP contribution in [0.2, 0.25) is 0 Å². The maximum absolute atomic E-state index is 14.0. The van der Waals surface area contributed by atoms with Crippen molar-refractivity contribution >= 4 is 5.78 Å². The van der Waals surface area contributed by atoms with Crippen LogP contribution in [0, 0.1) is 52.3 Å². The fourth-order valence-electron chi connectivity index (χ4n) is 10.0. The van der Waals surface area contributed by atoms with Gasteiger partial charge >= 0.3 is 0 Å². The highest BCUT2D eigenvalue weighted by molar-refractivity contribution is 5.87. The van der Waals surface area contributed by atoms with Gasteiger partial charge in [-0.1, -0.05) is 27.7 Å². The van der Waals surface area contributed by atoms with E-state index >= 15 is 0 Å². The van der Waals surface area contributed by atoms with Gasteiger partial charge in [0.2, 0.25) is 0 Å². The largest absolute Gasteiger partial charge is 0.393 e. The summed E-state index contributed by atoms with van der Waals surface area (Å²) in [5.41, 5.74) is -0.404. The minimum Gasteiger partial charge on any atom is -0.393 e. The molecule has 1 spiro atoms. The number of hydrogen-bond donors (Lipinski definition) is 2. The Bertz CT molecular complexity index is 804. The van der Waals surface area contributed by atoms with Crippen LogP contribution < -0.4 is 0 Å². The summed E-state index contributed by atoms with van der Waals surface area (Å²) < 4.78 is 12.8. The number of hydrogen-bond acceptors (Lipinski definition) is 5. The fourth-order valence-corrected chi connectivity index (χ4v) is 10.0. The molecule has 0 radical (unpaired) electrons.